The van der Waals surface area contributed by atoms with Crippen LogP contribution in [0.25, 0.3) is 103 Å². The number of hydrogen-bond acceptors (Lipinski definition) is 4. The van der Waals surface area contributed by atoms with Gasteiger partial charge >= 0.3 is 0 Å². The van der Waals surface area contributed by atoms with E-state index in [-0.39, 0.29) is 0 Å². The molecule has 0 aliphatic heterocycles. The van der Waals surface area contributed by atoms with Gasteiger partial charge in [-0.1, -0.05) is 109 Å². The molecule has 11 rings (SSSR count). The Balaban J connectivity index is 1.16. The summed E-state index contributed by atoms with van der Waals surface area (Å²) in [6.45, 7) is 0. The van der Waals surface area contributed by atoms with Crippen LogP contribution >= 0.6 is 11.3 Å². The highest BCUT2D eigenvalue weighted by atomic mass is 32.1. The molecule has 0 unspecified atom stereocenters. The molecule has 4 aromatic heterocycles. The van der Waals surface area contributed by atoms with Gasteiger partial charge in [0.25, 0.3) is 0 Å². The summed E-state index contributed by atoms with van der Waals surface area (Å²) in [5.41, 5.74) is 10.9. The lowest BCUT2D eigenvalue weighted by Crippen LogP contribution is -1.95. The van der Waals surface area contributed by atoms with Crippen LogP contribution in [-0.2, 0) is 0 Å². The third kappa shape index (κ3) is 4.32. The number of thiophene rings is 1. The van der Waals surface area contributed by atoms with Gasteiger partial charge in [0.05, 0.1) is 11.0 Å². The maximum absolute atomic E-state index is 6.43. The molecule has 0 aliphatic carbocycles. The molecule has 0 N–H and O–H groups in total. The van der Waals surface area contributed by atoms with Crippen LogP contribution in [0, 0.1) is 0 Å². The first-order valence-corrected chi connectivity index (χ1v) is 17.9. The van der Waals surface area contributed by atoms with Crippen molar-refractivity contribution in [3.63, 3.8) is 0 Å². The summed E-state index contributed by atoms with van der Waals surface area (Å²) in [6, 6.07) is 54.1. The molecule has 7 aromatic carbocycles. The first-order chi connectivity index (χ1) is 25.3. The Labute approximate surface area is 296 Å². The van der Waals surface area contributed by atoms with Crippen LogP contribution in [0.2, 0.25) is 0 Å². The molecule has 4 nitrogen and oxygen atoms in total. The summed E-state index contributed by atoms with van der Waals surface area (Å²) in [6.07, 6.45) is 3.60. The zero-order valence-electron chi connectivity index (χ0n) is 27.2. The fourth-order valence-electron chi connectivity index (χ4n) is 7.80. The van der Waals surface area contributed by atoms with Gasteiger partial charge in [-0.05, 0) is 59.2 Å². The molecular weight excluding hydrogens is 643 g/mol. The lowest BCUT2D eigenvalue weighted by atomic mass is 10.0. The standard InChI is InChI=1S/C46H27N3OS/c1-2-9-28(10-3-1)29-11-6-12-32(25-29)49-39-22-21-37-35-19-17-30(33-14-7-15-36-34-13-4-5-16-41(34)50-44(33)36)27-42(35)51-45(37)43(39)38-20-18-31(26-40(38)49)46-47-23-8-24-48-46/h1-27H. The van der Waals surface area contributed by atoms with E-state index in [9.17, 15) is 0 Å². The molecule has 0 aliphatic rings. The predicted molar refractivity (Wildman–Crippen MR) is 213 cm³/mol. The average molecular weight is 670 g/mol. The number of furan rings is 1. The smallest absolute Gasteiger partial charge is 0.159 e. The minimum absolute atomic E-state index is 0.716. The lowest BCUT2D eigenvalue weighted by molar-refractivity contribution is 0.670. The Kier molecular flexibility index (Phi) is 6.09. The zero-order chi connectivity index (χ0) is 33.5. The van der Waals surface area contributed by atoms with Gasteiger partial charge in [0.15, 0.2) is 5.82 Å². The van der Waals surface area contributed by atoms with Crippen molar-refractivity contribution in [1.82, 2.24) is 14.5 Å². The van der Waals surface area contributed by atoms with Crippen LogP contribution in [0.1, 0.15) is 0 Å². The number of nitrogens with zero attached hydrogens (tertiary/aromatic N) is 3. The Hall–Kier alpha value is -6.56. The van der Waals surface area contributed by atoms with Gasteiger partial charge in [0.1, 0.15) is 11.2 Å². The number of para-hydroxylation sites is 2. The highest BCUT2D eigenvalue weighted by molar-refractivity contribution is 7.26. The highest BCUT2D eigenvalue weighted by Gasteiger charge is 2.20. The van der Waals surface area contributed by atoms with Crippen molar-refractivity contribution in [2.75, 3.05) is 0 Å². The number of hydrogen-bond donors (Lipinski definition) is 0. The third-order valence-electron chi connectivity index (χ3n) is 10.1. The molecule has 51 heavy (non-hydrogen) atoms. The topological polar surface area (TPSA) is 43.9 Å². The van der Waals surface area contributed by atoms with Crippen molar-refractivity contribution in [1.29, 1.82) is 0 Å². The molecule has 0 saturated carbocycles. The summed E-state index contributed by atoms with van der Waals surface area (Å²) >= 11 is 1.87. The van der Waals surface area contributed by atoms with Crippen LogP contribution in [0.4, 0.5) is 0 Å². The minimum atomic E-state index is 0.716. The van der Waals surface area contributed by atoms with E-state index in [4.69, 9.17) is 4.42 Å². The van der Waals surface area contributed by atoms with Gasteiger partial charge < -0.3 is 8.98 Å². The van der Waals surface area contributed by atoms with E-state index >= 15 is 0 Å². The lowest BCUT2D eigenvalue weighted by Gasteiger charge is -2.11. The summed E-state index contributed by atoms with van der Waals surface area (Å²) < 4.78 is 11.4. The van der Waals surface area contributed by atoms with E-state index in [0.29, 0.717) is 5.82 Å². The van der Waals surface area contributed by atoms with Gasteiger partial charge in [-0.2, -0.15) is 0 Å². The quantitative estimate of drug-likeness (QED) is 0.187. The van der Waals surface area contributed by atoms with E-state index in [1.54, 1.807) is 12.4 Å². The predicted octanol–water partition coefficient (Wildman–Crippen LogP) is 12.8. The summed E-state index contributed by atoms with van der Waals surface area (Å²) in [5.74, 6) is 0.716. The minimum Gasteiger partial charge on any atom is -0.455 e. The fraction of sp³-hybridized carbons (Fsp3) is 0. The Morgan fingerprint density at radius 1 is 0.490 bits per heavy atom. The van der Waals surface area contributed by atoms with Crippen LogP contribution in [-0.4, -0.2) is 14.5 Å². The molecule has 0 spiro atoms. The van der Waals surface area contributed by atoms with Crippen molar-refractivity contribution in [2.24, 2.45) is 0 Å². The van der Waals surface area contributed by atoms with Crippen LogP contribution in [0.3, 0.4) is 0 Å². The average Bonchev–Trinajstić information content (AvgIpc) is 3.87. The third-order valence-corrected chi connectivity index (χ3v) is 11.3. The molecule has 238 valence electrons. The maximum Gasteiger partial charge on any atom is 0.159 e. The maximum atomic E-state index is 6.43. The molecule has 0 atom stereocenters. The molecular formula is C46H27N3OS. The van der Waals surface area contributed by atoms with Gasteiger partial charge in [-0.3, -0.25) is 0 Å². The molecule has 0 amide bonds. The number of fused-ring (bicyclic) bond motifs is 10. The van der Waals surface area contributed by atoms with Crippen LogP contribution in [0.15, 0.2) is 168 Å². The molecule has 4 heterocycles. The highest BCUT2D eigenvalue weighted by Crippen LogP contribution is 2.45. The molecule has 0 radical (unpaired) electrons. The fourth-order valence-corrected chi connectivity index (χ4v) is 9.09. The Morgan fingerprint density at radius 3 is 2.18 bits per heavy atom. The number of aromatic nitrogens is 3. The molecule has 11 aromatic rings. The largest absolute Gasteiger partial charge is 0.455 e. The van der Waals surface area contributed by atoms with E-state index in [1.165, 1.54) is 47.6 Å². The van der Waals surface area contributed by atoms with E-state index in [2.05, 4.69) is 148 Å². The molecule has 0 bridgehead atoms. The molecule has 5 heteroatoms. The second-order valence-corrected chi connectivity index (χ2v) is 14.0. The van der Waals surface area contributed by atoms with E-state index in [1.807, 2.05) is 29.5 Å². The van der Waals surface area contributed by atoms with E-state index in [0.717, 1.165) is 49.8 Å². The van der Waals surface area contributed by atoms with Gasteiger partial charge in [-0.15, -0.1) is 11.3 Å². The van der Waals surface area contributed by atoms with Crippen molar-refractivity contribution < 1.29 is 4.42 Å². The SMILES string of the molecule is c1ccc(-c2cccc(-n3c4cc(-c5ncccn5)ccc4c4c5sc6cc(-c7cccc8c7oc7ccccc78)ccc6c5ccc43)c2)cc1. The normalized spacial score (nSPS) is 11.9. The molecule has 0 saturated heterocycles. The summed E-state index contributed by atoms with van der Waals surface area (Å²) in [4.78, 5) is 9.17. The molecule has 0 fully saturated rings. The second kappa shape index (κ2) is 11.0. The number of rotatable bonds is 4. The Bertz CT molecular complexity index is 3140. The second-order valence-electron chi connectivity index (χ2n) is 13.0. The number of benzene rings is 7. The van der Waals surface area contributed by atoms with Crippen molar-refractivity contribution in [3.8, 4) is 39.3 Å². The summed E-state index contributed by atoms with van der Waals surface area (Å²) in [7, 11) is 0. The first-order valence-electron chi connectivity index (χ1n) is 17.1. The first kappa shape index (κ1) is 28.3. The van der Waals surface area contributed by atoms with Crippen molar-refractivity contribution in [2.45, 2.75) is 0 Å². The van der Waals surface area contributed by atoms with E-state index < -0.39 is 0 Å². The van der Waals surface area contributed by atoms with Gasteiger partial charge in [0, 0.05) is 70.9 Å². The van der Waals surface area contributed by atoms with Crippen molar-refractivity contribution in [3.05, 3.63) is 164 Å². The monoisotopic (exact) mass is 669 g/mol. The van der Waals surface area contributed by atoms with Gasteiger partial charge in [0.2, 0.25) is 0 Å². The van der Waals surface area contributed by atoms with Gasteiger partial charge in [-0.25, -0.2) is 9.97 Å². The summed E-state index contributed by atoms with van der Waals surface area (Å²) in [5, 5.41) is 7.29. The van der Waals surface area contributed by atoms with Crippen molar-refractivity contribution >= 4 is 75.3 Å². The Morgan fingerprint density at radius 2 is 1.25 bits per heavy atom. The van der Waals surface area contributed by atoms with Crippen LogP contribution in [0.5, 0.6) is 0 Å². The van der Waals surface area contributed by atoms with Crippen LogP contribution < -0.4 is 0 Å². The zero-order valence-corrected chi connectivity index (χ0v) is 28.1.